The van der Waals surface area contributed by atoms with Gasteiger partial charge in [0.2, 0.25) is 0 Å². The predicted octanol–water partition coefficient (Wildman–Crippen LogP) is 3.73. The fourth-order valence-electron chi connectivity index (χ4n) is 8.12. The van der Waals surface area contributed by atoms with Crippen LogP contribution in [0.25, 0.3) is 0 Å². The molecule has 5 nitrogen and oxygen atoms in total. The molecule has 0 heterocycles. The number of hydrogen-bond donors (Lipinski definition) is 5. The standard InChI is InChI=1S/C28H46O5/c1-17(7-8-18(2)24(3,4)31)20-9-10-21-22-15-23(30)28(33)16-19(29)11-12-26(28,6)27(22,32)14-13-25(20,21)5/h7-8,15,17-21,23,29-33H,9-14,16H2,1-6H3/b8-7+/t17-,18+,19+,20-,21+,23-,25+,26-,27-,28+/m1/s1. The SMILES string of the molecule is C[C@H](/C=C/[C@H](C)C(C)(C)O)[C@H]1CC[C@H]2C3=C[C@@H](O)[C@@]4(O)C[C@@H](O)CC[C@]4(C)[C@@]3(O)CC[C@@]12C. The molecule has 188 valence electrons. The van der Waals surface area contributed by atoms with E-state index >= 15 is 0 Å². The third-order valence-corrected chi connectivity index (χ3v) is 11.0. The smallest absolute Gasteiger partial charge is 0.105 e. The average molecular weight is 463 g/mol. The molecule has 0 bridgehead atoms. The topological polar surface area (TPSA) is 101 Å². The van der Waals surface area contributed by atoms with E-state index in [2.05, 4.69) is 26.0 Å². The molecular formula is C28H46O5. The molecule has 0 aromatic carbocycles. The van der Waals surface area contributed by atoms with Crippen molar-refractivity contribution < 1.29 is 25.5 Å². The lowest BCUT2D eigenvalue weighted by Gasteiger charge is -2.65. The summed E-state index contributed by atoms with van der Waals surface area (Å²) in [6, 6.07) is 0. The maximum Gasteiger partial charge on any atom is 0.105 e. The maximum atomic E-state index is 12.2. The van der Waals surface area contributed by atoms with E-state index in [1.54, 1.807) is 6.08 Å². The molecule has 0 saturated heterocycles. The summed E-state index contributed by atoms with van der Waals surface area (Å²) in [5.74, 6) is 1.04. The van der Waals surface area contributed by atoms with Crippen LogP contribution in [0.4, 0.5) is 0 Å². The summed E-state index contributed by atoms with van der Waals surface area (Å²) in [5.41, 5.74) is -3.36. The highest BCUT2D eigenvalue weighted by Crippen LogP contribution is 2.69. The molecule has 0 amide bonds. The average Bonchev–Trinajstić information content (AvgIpc) is 3.07. The van der Waals surface area contributed by atoms with E-state index in [0.29, 0.717) is 31.1 Å². The molecule has 4 rings (SSSR count). The monoisotopic (exact) mass is 462 g/mol. The maximum absolute atomic E-state index is 12.2. The van der Waals surface area contributed by atoms with Gasteiger partial charge in [0.05, 0.1) is 17.3 Å². The van der Waals surface area contributed by atoms with Gasteiger partial charge >= 0.3 is 0 Å². The van der Waals surface area contributed by atoms with Gasteiger partial charge in [-0.2, -0.15) is 0 Å². The molecule has 10 atom stereocenters. The van der Waals surface area contributed by atoms with E-state index < -0.39 is 34.4 Å². The largest absolute Gasteiger partial charge is 0.393 e. The van der Waals surface area contributed by atoms with Crippen LogP contribution in [0.3, 0.4) is 0 Å². The van der Waals surface area contributed by atoms with Crippen LogP contribution in [0.1, 0.15) is 86.5 Å². The van der Waals surface area contributed by atoms with E-state index in [-0.39, 0.29) is 23.7 Å². The summed E-state index contributed by atoms with van der Waals surface area (Å²) in [4.78, 5) is 0. The van der Waals surface area contributed by atoms with E-state index in [4.69, 9.17) is 0 Å². The van der Waals surface area contributed by atoms with Crippen molar-refractivity contribution in [1.29, 1.82) is 0 Å². The number of aliphatic hydroxyl groups excluding tert-OH is 2. The van der Waals surface area contributed by atoms with E-state index in [1.807, 2.05) is 27.7 Å². The van der Waals surface area contributed by atoms with Crippen molar-refractivity contribution in [3.63, 3.8) is 0 Å². The van der Waals surface area contributed by atoms with Crippen molar-refractivity contribution in [1.82, 2.24) is 0 Å². The Kier molecular flexibility index (Phi) is 6.07. The number of fused-ring (bicyclic) bond motifs is 5. The summed E-state index contributed by atoms with van der Waals surface area (Å²) in [7, 11) is 0. The lowest BCUT2D eigenvalue weighted by molar-refractivity contribution is -0.258. The lowest BCUT2D eigenvalue weighted by atomic mass is 9.43. The van der Waals surface area contributed by atoms with Gasteiger partial charge in [-0.3, -0.25) is 0 Å². The Balaban J connectivity index is 1.65. The molecule has 5 N–H and O–H groups in total. The molecule has 33 heavy (non-hydrogen) atoms. The highest BCUT2D eigenvalue weighted by atomic mass is 16.4. The minimum absolute atomic E-state index is 0.0134. The minimum Gasteiger partial charge on any atom is -0.393 e. The molecule has 0 aromatic rings. The Morgan fingerprint density at radius 1 is 1.00 bits per heavy atom. The zero-order valence-electron chi connectivity index (χ0n) is 21.4. The van der Waals surface area contributed by atoms with Crippen molar-refractivity contribution in [3.8, 4) is 0 Å². The van der Waals surface area contributed by atoms with Gasteiger partial charge in [0.15, 0.2) is 0 Å². The van der Waals surface area contributed by atoms with Crippen LogP contribution in [0.15, 0.2) is 23.8 Å². The van der Waals surface area contributed by atoms with Gasteiger partial charge in [-0.1, -0.05) is 45.9 Å². The highest BCUT2D eigenvalue weighted by Gasteiger charge is 2.70. The van der Waals surface area contributed by atoms with Crippen molar-refractivity contribution in [2.24, 2.45) is 34.5 Å². The molecule has 0 aliphatic heterocycles. The molecule has 0 spiro atoms. The summed E-state index contributed by atoms with van der Waals surface area (Å²) >= 11 is 0. The van der Waals surface area contributed by atoms with Gasteiger partial charge < -0.3 is 25.5 Å². The van der Waals surface area contributed by atoms with Crippen LogP contribution in [-0.4, -0.2) is 54.5 Å². The lowest BCUT2D eigenvalue weighted by Crippen LogP contribution is -2.72. The predicted molar refractivity (Wildman–Crippen MR) is 129 cm³/mol. The minimum atomic E-state index is -1.52. The zero-order valence-corrected chi connectivity index (χ0v) is 21.4. The number of aliphatic hydroxyl groups is 5. The van der Waals surface area contributed by atoms with Gasteiger partial charge in [-0.05, 0) is 81.1 Å². The van der Waals surface area contributed by atoms with E-state index in [9.17, 15) is 25.5 Å². The summed E-state index contributed by atoms with van der Waals surface area (Å²) in [6.45, 7) is 12.3. The first kappa shape index (κ1) is 25.4. The quantitative estimate of drug-likeness (QED) is 0.410. The molecule has 0 aromatic heterocycles. The number of allylic oxidation sites excluding steroid dienone is 1. The summed E-state index contributed by atoms with van der Waals surface area (Å²) < 4.78 is 0. The Bertz CT molecular complexity index is 829. The zero-order chi connectivity index (χ0) is 24.6. The summed E-state index contributed by atoms with van der Waals surface area (Å²) in [5, 5.41) is 55.5. The Morgan fingerprint density at radius 2 is 1.67 bits per heavy atom. The van der Waals surface area contributed by atoms with Crippen LogP contribution in [0.2, 0.25) is 0 Å². The molecule has 3 saturated carbocycles. The van der Waals surface area contributed by atoms with Crippen molar-refractivity contribution >= 4 is 0 Å². The molecule has 5 heteroatoms. The third-order valence-electron chi connectivity index (χ3n) is 11.0. The summed E-state index contributed by atoms with van der Waals surface area (Å²) in [6.07, 6.45) is 9.02. The van der Waals surface area contributed by atoms with E-state index in [0.717, 1.165) is 24.8 Å². The second-order valence-electron chi connectivity index (χ2n) is 13.0. The Morgan fingerprint density at radius 3 is 2.30 bits per heavy atom. The first-order valence-electron chi connectivity index (χ1n) is 13.0. The van der Waals surface area contributed by atoms with Crippen LogP contribution in [0.5, 0.6) is 0 Å². The molecule has 4 aliphatic carbocycles. The Hall–Kier alpha value is -0.720. The fourth-order valence-corrected chi connectivity index (χ4v) is 8.12. The number of hydrogen-bond acceptors (Lipinski definition) is 5. The third kappa shape index (κ3) is 3.52. The van der Waals surface area contributed by atoms with Crippen LogP contribution < -0.4 is 0 Å². The van der Waals surface area contributed by atoms with Crippen molar-refractivity contribution in [2.75, 3.05) is 0 Å². The molecule has 0 unspecified atom stereocenters. The first-order valence-corrected chi connectivity index (χ1v) is 13.0. The first-order chi connectivity index (χ1) is 15.1. The second kappa shape index (κ2) is 7.89. The normalized spacial score (nSPS) is 49.7. The van der Waals surface area contributed by atoms with Crippen molar-refractivity contribution in [3.05, 3.63) is 23.8 Å². The van der Waals surface area contributed by atoms with E-state index in [1.165, 1.54) is 0 Å². The second-order valence-corrected chi connectivity index (χ2v) is 13.0. The molecule has 0 radical (unpaired) electrons. The van der Waals surface area contributed by atoms with Gasteiger partial charge in [0.25, 0.3) is 0 Å². The number of rotatable bonds is 4. The fraction of sp³-hybridized carbons (Fsp3) is 0.857. The van der Waals surface area contributed by atoms with Crippen LogP contribution in [-0.2, 0) is 0 Å². The van der Waals surface area contributed by atoms with Gasteiger partial charge in [0, 0.05) is 17.8 Å². The Labute approximate surface area is 199 Å². The molecule has 3 fully saturated rings. The van der Waals surface area contributed by atoms with Crippen LogP contribution in [0, 0.1) is 34.5 Å². The highest BCUT2D eigenvalue weighted by molar-refractivity contribution is 5.40. The van der Waals surface area contributed by atoms with Crippen LogP contribution >= 0.6 is 0 Å². The molecule has 4 aliphatic rings. The van der Waals surface area contributed by atoms with Gasteiger partial charge in [0.1, 0.15) is 11.7 Å². The van der Waals surface area contributed by atoms with Crippen molar-refractivity contribution in [2.45, 2.75) is 115 Å². The van der Waals surface area contributed by atoms with Gasteiger partial charge in [-0.25, -0.2) is 0 Å². The molecular weight excluding hydrogens is 416 g/mol. The van der Waals surface area contributed by atoms with Gasteiger partial charge in [-0.15, -0.1) is 0 Å².